The zero-order valence-corrected chi connectivity index (χ0v) is 13.7. The summed E-state index contributed by atoms with van der Waals surface area (Å²) in [6, 6.07) is 18.3. The molecule has 0 radical (unpaired) electrons. The summed E-state index contributed by atoms with van der Waals surface area (Å²) < 4.78 is 26.6. The number of sulfonamides is 1. The summed E-state index contributed by atoms with van der Waals surface area (Å²) in [6.07, 6.45) is 0. The molecule has 0 fully saturated rings. The van der Waals surface area contributed by atoms with E-state index in [-0.39, 0.29) is 10.5 Å². The van der Waals surface area contributed by atoms with Crippen molar-refractivity contribution in [3.8, 4) is 0 Å². The van der Waals surface area contributed by atoms with E-state index in [1.807, 2.05) is 30.3 Å². The largest absolute Gasteiger partial charge is 0.478 e. The summed E-state index contributed by atoms with van der Waals surface area (Å²) in [6.45, 7) is 0. The van der Waals surface area contributed by atoms with E-state index in [2.05, 4.69) is 0 Å². The third kappa shape index (κ3) is 2.83. The molecule has 0 aliphatic rings. The minimum atomic E-state index is -3.76. The molecule has 3 rings (SSSR count). The number of anilines is 1. The second-order valence-corrected chi connectivity index (χ2v) is 7.30. The number of nitrogens with zero attached hydrogens (tertiary/aromatic N) is 1. The van der Waals surface area contributed by atoms with Gasteiger partial charge in [-0.05, 0) is 47.2 Å². The molecule has 0 saturated heterocycles. The van der Waals surface area contributed by atoms with Crippen molar-refractivity contribution in [2.45, 2.75) is 4.90 Å². The number of fused-ring (bicyclic) bond motifs is 1. The monoisotopic (exact) mass is 341 g/mol. The van der Waals surface area contributed by atoms with Crippen LogP contribution in [0, 0.1) is 0 Å². The average Bonchev–Trinajstić information content (AvgIpc) is 2.60. The van der Waals surface area contributed by atoms with Crippen LogP contribution >= 0.6 is 0 Å². The standard InChI is InChI=1S/C18H15NO4S/c1-19(16-9-6-13-4-2-3-5-15(13)12-16)24(22,23)17-10-7-14(8-11-17)18(20)21/h2-12H,1H3,(H,20,21). The van der Waals surface area contributed by atoms with E-state index >= 15 is 0 Å². The Balaban J connectivity index is 1.99. The number of hydrogen-bond acceptors (Lipinski definition) is 3. The van der Waals surface area contributed by atoms with Crippen LogP contribution in [-0.2, 0) is 10.0 Å². The van der Waals surface area contributed by atoms with Crippen molar-refractivity contribution in [2.24, 2.45) is 0 Å². The van der Waals surface area contributed by atoms with Crippen LogP contribution in [-0.4, -0.2) is 26.5 Å². The summed E-state index contributed by atoms with van der Waals surface area (Å²) in [7, 11) is -2.29. The number of rotatable bonds is 4. The molecule has 1 N–H and O–H groups in total. The highest BCUT2D eigenvalue weighted by atomic mass is 32.2. The lowest BCUT2D eigenvalue weighted by atomic mass is 10.1. The van der Waals surface area contributed by atoms with Gasteiger partial charge in [0.15, 0.2) is 0 Å². The van der Waals surface area contributed by atoms with Crippen LogP contribution in [0.15, 0.2) is 71.6 Å². The lowest BCUT2D eigenvalue weighted by Crippen LogP contribution is -2.26. The normalized spacial score (nSPS) is 11.4. The van der Waals surface area contributed by atoms with E-state index in [9.17, 15) is 13.2 Å². The molecule has 0 bridgehead atoms. The first-order valence-electron chi connectivity index (χ1n) is 7.21. The molecular formula is C18H15NO4S. The Hall–Kier alpha value is -2.86. The number of carbonyl (C=O) groups is 1. The second kappa shape index (κ2) is 5.98. The van der Waals surface area contributed by atoms with Crippen LogP contribution in [0.5, 0.6) is 0 Å². The second-order valence-electron chi connectivity index (χ2n) is 5.33. The molecule has 5 nitrogen and oxygen atoms in total. The SMILES string of the molecule is CN(c1ccc2ccccc2c1)S(=O)(=O)c1ccc(C(=O)O)cc1. The molecule has 0 amide bonds. The van der Waals surface area contributed by atoms with Crippen LogP contribution < -0.4 is 4.31 Å². The minimum Gasteiger partial charge on any atom is -0.478 e. The van der Waals surface area contributed by atoms with E-state index in [4.69, 9.17) is 5.11 Å². The van der Waals surface area contributed by atoms with E-state index in [1.54, 1.807) is 12.1 Å². The molecule has 6 heteroatoms. The highest BCUT2D eigenvalue weighted by Crippen LogP contribution is 2.26. The predicted octanol–water partition coefficient (Wildman–Crippen LogP) is 3.36. The van der Waals surface area contributed by atoms with E-state index in [0.29, 0.717) is 5.69 Å². The van der Waals surface area contributed by atoms with Gasteiger partial charge in [-0.3, -0.25) is 4.31 Å². The third-order valence-corrected chi connectivity index (χ3v) is 5.66. The van der Waals surface area contributed by atoms with Gasteiger partial charge < -0.3 is 5.11 Å². The molecule has 0 aromatic heterocycles. The van der Waals surface area contributed by atoms with Crippen molar-refractivity contribution in [3.63, 3.8) is 0 Å². The van der Waals surface area contributed by atoms with Gasteiger partial charge in [-0.25, -0.2) is 13.2 Å². The number of carboxylic acids is 1. The molecule has 0 aliphatic carbocycles. The maximum atomic E-state index is 12.7. The molecule has 0 spiro atoms. The van der Waals surface area contributed by atoms with Gasteiger partial charge in [0.2, 0.25) is 0 Å². The van der Waals surface area contributed by atoms with Gasteiger partial charge in [0, 0.05) is 7.05 Å². The molecule has 24 heavy (non-hydrogen) atoms. The fourth-order valence-corrected chi connectivity index (χ4v) is 3.63. The van der Waals surface area contributed by atoms with Crippen LogP contribution in [0.2, 0.25) is 0 Å². The quantitative estimate of drug-likeness (QED) is 0.789. The highest BCUT2D eigenvalue weighted by molar-refractivity contribution is 7.92. The van der Waals surface area contributed by atoms with Crippen molar-refractivity contribution < 1.29 is 18.3 Å². The molecular weight excluding hydrogens is 326 g/mol. The van der Waals surface area contributed by atoms with Crippen LogP contribution in [0.25, 0.3) is 10.8 Å². The Kier molecular flexibility index (Phi) is 3.99. The van der Waals surface area contributed by atoms with Gasteiger partial charge >= 0.3 is 5.97 Å². The molecule has 0 saturated carbocycles. The number of aromatic carboxylic acids is 1. The molecule has 3 aromatic carbocycles. The summed E-state index contributed by atoms with van der Waals surface area (Å²) in [5, 5.41) is 10.9. The zero-order valence-electron chi connectivity index (χ0n) is 12.9. The van der Waals surface area contributed by atoms with Gasteiger partial charge in [0.25, 0.3) is 10.0 Å². The van der Waals surface area contributed by atoms with Crippen molar-refractivity contribution in [3.05, 3.63) is 72.3 Å². The Morgan fingerprint density at radius 1 is 0.917 bits per heavy atom. The van der Waals surface area contributed by atoms with Gasteiger partial charge in [0.05, 0.1) is 16.1 Å². The Labute approximate surface area is 139 Å². The smallest absolute Gasteiger partial charge is 0.335 e. The Morgan fingerprint density at radius 3 is 2.17 bits per heavy atom. The number of benzene rings is 3. The summed E-state index contributed by atoms with van der Waals surface area (Å²) >= 11 is 0. The average molecular weight is 341 g/mol. The van der Waals surface area contributed by atoms with Crippen LogP contribution in [0.3, 0.4) is 0 Å². The lowest BCUT2D eigenvalue weighted by Gasteiger charge is -2.20. The maximum absolute atomic E-state index is 12.7. The first-order valence-corrected chi connectivity index (χ1v) is 8.65. The fourth-order valence-electron chi connectivity index (χ4n) is 2.44. The predicted molar refractivity (Wildman–Crippen MR) is 92.9 cm³/mol. The minimum absolute atomic E-state index is 0.0438. The summed E-state index contributed by atoms with van der Waals surface area (Å²) in [5.74, 6) is -1.10. The maximum Gasteiger partial charge on any atom is 0.335 e. The molecule has 0 unspecified atom stereocenters. The van der Waals surface area contributed by atoms with Crippen molar-refractivity contribution >= 4 is 32.5 Å². The summed E-state index contributed by atoms with van der Waals surface area (Å²) in [4.78, 5) is 10.9. The fraction of sp³-hybridized carbons (Fsp3) is 0.0556. The molecule has 0 atom stereocenters. The highest BCUT2D eigenvalue weighted by Gasteiger charge is 2.21. The van der Waals surface area contributed by atoms with E-state index < -0.39 is 16.0 Å². The van der Waals surface area contributed by atoms with Crippen molar-refractivity contribution in [2.75, 3.05) is 11.4 Å². The van der Waals surface area contributed by atoms with Gasteiger partial charge in [-0.1, -0.05) is 30.3 Å². The molecule has 0 aliphatic heterocycles. The number of hydrogen-bond donors (Lipinski definition) is 1. The van der Waals surface area contributed by atoms with Gasteiger partial charge in [-0.15, -0.1) is 0 Å². The van der Waals surface area contributed by atoms with Gasteiger partial charge in [0.1, 0.15) is 0 Å². The van der Waals surface area contributed by atoms with E-state index in [1.165, 1.54) is 35.6 Å². The first-order chi connectivity index (χ1) is 11.4. The lowest BCUT2D eigenvalue weighted by molar-refractivity contribution is 0.0696. The number of carboxylic acid groups (broad SMARTS) is 1. The molecule has 3 aromatic rings. The van der Waals surface area contributed by atoms with Crippen molar-refractivity contribution in [1.29, 1.82) is 0 Å². The van der Waals surface area contributed by atoms with E-state index in [0.717, 1.165) is 10.8 Å². The zero-order chi connectivity index (χ0) is 17.3. The van der Waals surface area contributed by atoms with Gasteiger partial charge in [-0.2, -0.15) is 0 Å². The van der Waals surface area contributed by atoms with Crippen LogP contribution in [0.1, 0.15) is 10.4 Å². The topological polar surface area (TPSA) is 74.7 Å². The molecule has 0 heterocycles. The summed E-state index contributed by atoms with van der Waals surface area (Å²) in [5.41, 5.74) is 0.582. The Morgan fingerprint density at radius 2 is 1.54 bits per heavy atom. The molecule has 122 valence electrons. The van der Waals surface area contributed by atoms with Crippen molar-refractivity contribution in [1.82, 2.24) is 0 Å². The Bertz CT molecular complexity index is 1010. The first kappa shape index (κ1) is 16.0. The van der Waals surface area contributed by atoms with Crippen LogP contribution in [0.4, 0.5) is 5.69 Å². The third-order valence-electron chi connectivity index (χ3n) is 3.86.